The van der Waals surface area contributed by atoms with Gasteiger partial charge in [-0.15, -0.1) is 0 Å². The minimum absolute atomic E-state index is 0.0536. The van der Waals surface area contributed by atoms with Gasteiger partial charge >= 0.3 is 0 Å². The maximum absolute atomic E-state index is 12.6. The lowest BCUT2D eigenvalue weighted by molar-refractivity contribution is -0.112. The maximum Gasteiger partial charge on any atom is 0.266 e. The van der Waals surface area contributed by atoms with Gasteiger partial charge in [0.15, 0.2) is 0 Å². The van der Waals surface area contributed by atoms with Crippen molar-refractivity contribution in [3.63, 3.8) is 0 Å². The van der Waals surface area contributed by atoms with E-state index in [1.807, 2.05) is 52.0 Å². The Morgan fingerprint density at radius 3 is 2.46 bits per heavy atom. The summed E-state index contributed by atoms with van der Waals surface area (Å²) in [5.74, 6) is 0.481. The molecule has 0 unspecified atom stereocenters. The van der Waals surface area contributed by atoms with Crippen molar-refractivity contribution in [2.24, 2.45) is 0 Å². The molecule has 0 spiro atoms. The molecule has 0 aliphatic heterocycles. The summed E-state index contributed by atoms with van der Waals surface area (Å²) in [7, 11) is 0. The van der Waals surface area contributed by atoms with Crippen LogP contribution >= 0.6 is 11.6 Å². The van der Waals surface area contributed by atoms with E-state index < -0.39 is 5.91 Å². The predicted octanol–water partition coefficient (Wildman–Crippen LogP) is 5.30. The van der Waals surface area contributed by atoms with Gasteiger partial charge in [-0.25, -0.2) is 0 Å². The molecule has 0 aromatic heterocycles. The molecule has 0 radical (unpaired) electrons. The first-order chi connectivity index (χ1) is 13.4. The predicted molar refractivity (Wildman–Crippen MR) is 112 cm³/mol. The molecular formula is C22H23ClN2O3. The number of aryl methyl sites for hydroxylation is 2. The number of amides is 1. The van der Waals surface area contributed by atoms with Crippen LogP contribution in [0.4, 0.5) is 5.69 Å². The van der Waals surface area contributed by atoms with E-state index in [1.54, 1.807) is 12.1 Å². The average Bonchev–Trinajstić information content (AvgIpc) is 2.66. The zero-order valence-electron chi connectivity index (χ0n) is 16.4. The van der Waals surface area contributed by atoms with Gasteiger partial charge in [-0.2, -0.15) is 5.26 Å². The lowest BCUT2D eigenvalue weighted by Crippen LogP contribution is -2.14. The van der Waals surface area contributed by atoms with Crippen molar-refractivity contribution in [2.75, 3.05) is 18.5 Å². The lowest BCUT2D eigenvalue weighted by Gasteiger charge is -2.13. The molecule has 28 heavy (non-hydrogen) atoms. The third-order valence-corrected chi connectivity index (χ3v) is 4.27. The molecule has 6 heteroatoms. The first-order valence-corrected chi connectivity index (χ1v) is 9.36. The molecule has 1 N–H and O–H groups in total. The molecule has 0 saturated carbocycles. The summed E-state index contributed by atoms with van der Waals surface area (Å²) in [6.45, 7) is 8.42. The second-order valence-electron chi connectivity index (χ2n) is 6.13. The summed E-state index contributed by atoms with van der Waals surface area (Å²) in [4.78, 5) is 12.6. The van der Waals surface area contributed by atoms with Crippen LogP contribution in [0, 0.1) is 25.2 Å². The van der Waals surface area contributed by atoms with E-state index >= 15 is 0 Å². The first-order valence-electron chi connectivity index (χ1n) is 8.99. The normalized spacial score (nSPS) is 10.9. The smallest absolute Gasteiger partial charge is 0.266 e. The second-order valence-corrected chi connectivity index (χ2v) is 6.54. The van der Waals surface area contributed by atoms with Crippen molar-refractivity contribution < 1.29 is 14.3 Å². The number of hydrogen-bond donors (Lipinski definition) is 1. The third-order valence-electron chi connectivity index (χ3n) is 3.97. The number of nitrogens with one attached hydrogen (secondary N) is 1. The van der Waals surface area contributed by atoms with Gasteiger partial charge in [-0.1, -0.05) is 23.7 Å². The fraction of sp³-hybridized carbons (Fsp3) is 0.273. The number of ether oxygens (including phenoxy) is 2. The fourth-order valence-corrected chi connectivity index (χ4v) is 2.80. The van der Waals surface area contributed by atoms with E-state index in [0.29, 0.717) is 41.0 Å². The van der Waals surface area contributed by atoms with Crippen LogP contribution in [-0.4, -0.2) is 19.1 Å². The molecule has 0 atom stereocenters. The Kier molecular flexibility index (Phi) is 7.48. The maximum atomic E-state index is 12.6. The van der Waals surface area contributed by atoms with Gasteiger partial charge in [0.05, 0.1) is 18.2 Å². The van der Waals surface area contributed by atoms with Crippen LogP contribution in [0.3, 0.4) is 0 Å². The van der Waals surface area contributed by atoms with E-state index in [1.165, 1.54) is 6.08 Å². The zero-order valence-corrected chi connectivity index (χ0v) is 17.2. The van der Waals surface area contributed by atoms with E-state index in [9.17, 15) is 10.1 Å². The van der Waals surface area contributed by atoms with Crippen molar-refractivity contribution in [2.45, 2.75) is 27.7 Å². The molecular weight excluding hydrogens is 376 g/mol. The SMILES string of the molecule is CCOc1cc(OCC)c(/C=C(\C#N)C(=O)Nc2cc(C)ccc2C)cc1Cl. The number of carbonyl (C=O) groups is 1. The van der Waals surface area contributed by atoms with Crippen LogP contribution in [0.25, 0.3) is 6.08 Å². The Morgan fingerprint density at radius 2 is 1.82 bits per heavy atom. The largest absolute Gasteiger partial charge is 0.493 e. The topological polar surface area (TPSA) is 71.3 Å². The van der Waals surface area contributed by atoms with Crippen molar-refractivity contribution in [3.8, 4) is 17.6 Å². The summed E-state index contributed by atoms with van der Waals surface area (Å²) in [6.07, 6.45) is 1.47. The number of hydrogen-bond acceptors (Lipinski definition) is 4. The molecule has 0 bridgehead atoms. The highest BCUT2D eigenvalue weighted by Crippen LogP contribution is 2.34. The average molecular weight is 399 g/mol. The summed E-state index contributed by atoms with van der Waals surface area (Å²) in [6, 6.07) is 11.0. The van der Waals surface area contributed by atoms with Gasteiger partial charge in [0, 0.05) is 17.3 Å². The Hall–Kier alpha value is -2.97. The Labute approximate surface area is 170 Å². The van der Waals surface area contributed by atoms with Crippen molar-refractivity contribution in [1.82, 2.24) is 0 Å². The molecule has 2 aromatic carbocycles. The van der Waals surface area contributed by atoms with Crippen molar-refractivity contribution in [1.29, 1.82) is 5.26 Å². The number of rotatable bonds is 7. The van der Waals surface area contributed by atoms with Gasteiger partial charge < -0.3 is 14.8 Å². The Morgan fingerprint density at radius 1 is 1.14 bits per heavy atom. The molecule has 1 amide bonds. The van der Waals surface area contributed by atoms with Crippen LogP contribution in [0.5, 0.6) is 11.5 Å². The van der Waals surface area contributed by atoms with E-state index in [4.69, 9.17) is 21.1 Å². The highest BCUT2D eigenvalue weighted by atomic mass is 35.5. The van der Waals surface area contributed by atoms with Crippen molar-refractivity contribution >= 4 is 29.3 Å². The van der Waals surface area contributed by atoms with Crippen LogP contribution in [0.15, 0.2) is 35.9 Å². The summed E-state index contributed by atoms with van der Waals surface area (Å²) < 4.78 is 11.1. The van der Waals surface area contributed by atoms with Gasteiger partial charge in [0.1, 0.15) is 23.1 Å². The van der Waals surface area contributed by atoms with E-state index in [-0.39, 0.29) is 5.57 Å². The van der Waals surface area contributed by atoms with Crippen LogP contribution in [-0.2, 0) is 4.79 Å². The molecule has 0 heterocycles. The van der Waals surface area contributed by atoms with Crippen molar-refractivity contribution in [3.05, 3.63) is 57.6 Å². The van der Waals surface area contributed by atoms with Crippen LogP contribution < -0.4 is 14.8 Å². The number of halogens is 1. The summed E-state index contributed by atoms with van der Waals surface area (Å²) in [5.41, 5.74) is 3.07. The number of carbonyl (C=O) groups excluding carboxylic acids is 1. The number of nitriles is 1. The minimum Gasteiger partial charge on any atom is -0.493 e. The van der Waals surface area contributed by atoms with Crippen LogP contribution in [0.2, 0.25) is 5.02 Å². The number of nitrogens with zero attached hydrogens (tertiary/aromatic N) is 1. The summed E-state index contributed by atoms with van der Waals surface area (Å²) >= 11 is 6.26. The van der Waals surface area contributed by atoms with Gasteiger partial charge in [0.2, 0.25) is 0 Å². The molecule has 0 aliphatic carbocycles. The monoisotopic (exact) mass is 398 g/mol. The van der Waals surface area contributed by atoms with E-state index in [0.717, 1.165) is 11.1 Å². The number of benzene rings is 2. The van der Waals surface area contributed by atoms with E-state index in [2.05, 4.69) is 5.32 Å². The quantitative estimate of drug-likeness (QED) is 0.507. The van der Waals surface area contributed by atoms with Gasteiger partial charge in [0.25, 0.3) is 5.91 Å². The third kappa shape index (κ3) is 5.28. The fourth-order valence-electron chi connectivity index (χ4n) is 2.57. The Bertz CT molecular complexity index is 946. The highest BCUT2D eigenvalue weighted by Gasteiger charge is 2.15. The standard InChI is InChI=1S/C22H23ClN2O3/c1-5-27-20-12-21(28-6-2)18(23)11-16(20)10-17(13-24)22(26)25-19-9-14(3)7-8-15(19)4/h7-12H,5-6H2,1-4H3,(H,25,26)/b17-10+. The molecule has 0 aliphatic rings. The molecule has 0 saturated heterocycles. The second kappa shape index (κ2) is 9.82. The lowest BCUT2D eigenvalue weighted by atomic mass is 10.1. The molecule has 146 valence electrons. The molecule has 5 nitrogen and oxygen atoms in total. The zero-order chi connectivity index (χ0) is 20.7. The molecule has 2 aromatic rings. The minimum atomic E-state index is -0.497. The molecule has 0 fully saturated rings. The molecule has 2 rings (SSSR count). The van der Waals surface area contributed by atoms with Gasteiger partial charge in [-0.05, 0) is 57.0 Å². The highest BCUT2D eigenvalue weighted by molar-refractivity contribution is 6.32. The summed E-state index contributed by atoms with van der Waals surface area (Å²) in [5, 5.41) is 12.7. The number of anilines is 1. The van der Waals surface area contributed by atoms with Gasteiger partial charge in [-0.3, -0.25) is 4.79 Å². The first kappa shape index (κ1) is 21.3. The van der Waals surface area contributed by atoms with Crippen LogP contribution in [0.1, 0.15) is 30.5 Å². The Balaban J connectivity index is 2.40.